The van der Waals surface area contributed by atoms with Crippen LogP contribution in [0, 0.1) is 0 Å². The van der Waals surface area contributed by atoms with Gasteiger partial charge in [0, 0.05) is 28.1 Å². The van der Waals surface area contributed by atoms with E-state index in [1.807, 2.05) is 0 Å². The van der Waals surface area contributed by atoms with Crippen LogP contribution in [0.2, 0.25) is 0 Å². The highest BCUT2D eigenvalue weighted by molar-refractivity contribution is 5.67. The van der Waals surface area contributed by atoms with E-state index >= 15 is 0 Å². The normalized spacial score (nSPS) is 31.1. The van der Waals surface area contributed by atoms with Gasteiger partial charge in [0.1, 0.15) is 6.10 Å². The van der Waals surface area contributed by atoms with Crippen molar-refractivity contribution in [1.29, 1.82) is 0 Å². The van der Waals surface area contributed by atoms with Gasteiger partial charge in [-0.25, -0.2) is 0 Å². The monoisotopic (exact) mass is 262 g/mol. The average Bonchev–Trinajstić information content (AvgIpc) is 2.57. The van der Waals surface area contributed by atoms with E-state index in [1.54, 1.807) is 0 Å². The maximum Gasteiger partial charge on any atom is 0.303 e. The van der Waals surface area contributed by atoms with Crippen LogP contribution in [0.15, 0.2) is 0 Å². The van der Waals surface area contributed by atoms with Crippen LogP contribution in [0.3, 0.4) is 0 Å². The smallest absolute Gasteiger partial charge is 0.303 e. The molecule has 0 radical (unpaired) electrons. The third-order valence-corrected chi connectivity index (χ3v) is 2.43. The molecule has 0 saturated carbocycles. The van der Waals surface area contributed by atoms with Crippen molar-refractivity contribution in [2.75, 3.05) is 20.8 Å². The van der Waals surface area contributed by atoms with Gasteiger partial charge in [0.05, 0.1) is 6.61 Å². The number of carbonyl (C=O) groups is 2. The number of methoxy groups -OCH3 is 2. The Hall–Kier alpha value is -1.18. The Labute approximate surface area is 105 Å². The highest BCUT2D eigenvalue weighted by Gasteiger charge is 2.49. The Morgan fingerprint density at radius 2 is 1.61 bits per heavy atom. The molecule has 18 heavy (non-hydrogen) atoms. The van der Waals surface area contributed by atoms with Crippen LogP contribution in [0.4, 0.5) is 0 Å². The van der Waals surface area contributed by atoms with Crippen LogP contribution in [0.5, 0.6) is 0 Å². The second-order valence-electron chi connectivity index (χ2n) is 3.88. The summed E-state index contributed by atoms with van der Waals surface area (Å²) in [4.78, 5) is 22.1. The molecule has 1 fully saturated rings. The zero-order chi connectivity index (χ0) is 13.7. The predicted octanol–water partition coefficient (Wildman–Crippen LogP) is -0.133. The first-order valence-electron chi connectivity index (χ1n) is 5.51. The van der Waals surface area contributed by atoms with E-state index in [0.29, 0.717) is 0 Å². The zero-order valence-electron chi connectivity index (χ0n) is 10.9. The average molecular weight is 262 g/mol. The van der Waals surface area contributed by atoms with Gasteiger partial charge < -0.3 is 23.7 Å². The fourth-order valence-corrected chi connectivity index (χ4v) is 1.83. The number of carbonyl (C=O) groups excluding carboxylic acids is 2. The van der Waals surface area contributed by atoms with Gasteiger partial charge in [0.15, 0.2) is 18.5 Å². The first kappa shape index (κ1) is 14.9. The van der Waals surface area contributed by atoms with Crippen LogP contribution in [-0.4, -0.2) is 57.4 Å². The van der Waals surface area contributed by atoms with Crippen molar-refractivity contribution < 1.29 is 33.3 Å². The summed E-state index contributed by atoms with van der Waals surface area (Å²) in [6.07, 6.45) is -2.85. The molecule has 0 aliphatic carbocycles. The molecule has 1 heterocycles. The number of ether oxygens (including phenoxy) is 5. The second kappa shape index (κ2) is 6.67. The lowest BCUT2D eigenvalue weighted by Crippen LogP contribution is -2.41. The maximum absolute atomic E-state index is 11.1. The van der Waals surface area contributed by atoms with Crippen LogP contribution < -0.4 is 0 Å². The molecule has 4 atom stereocenters. The molecule has 1 aliphatic rings. The summed E-state index contributed by atoms with van der Waals surface area (Å²) in [7, 11) is 2.91. The van der Waals surface area contributed by atoms with Crippen LogP contribution in [-0.2, 0) is 33.3 Å². The molecule has 1 saturated heterocycles. The fourth-order valence-electron chi connectivity index (χ4n) is 1.83. The Kier molecular flexibility index (Phi) is 5.52. The van der Waals surface area contributed by atoms with Gasteiger partial charge in [-0.05, 0) is 0 Å². The van der Waals surface area contributed by atoms with Crippen LogP contribution in [0.1, 0.15) is 13.8 Å². The molecule has 0 aromatic rings. The number of esters is 2. The van der Waals surface area contributed by atoms with E-state index in [9.17, 15) is 9.59 Å². The Morgan fingerprint density at radius 1 is 1.06 bits per heavy atom. The molecule has 1 aliphatic heterocycles. The van der Waals surface area contributed by atoms with Gasteiger partial charge in [-0.15, -0.1) is 0 Å². The minimum atomic E-state index is -0.795. The van der Waals surface area contributed by atoms with Gasteiger partial charge in [0.25, 0.3) is 0 Å². The first-order valence-corrected chi connectivity index (χ1v) is 5.51. The van der Waals surface area contributed by atoms with E-state index in [-0.39, 0.29) is 6.61 Å². The number of hydrogen-bond acceptors (Lipinski definition) is 7. The SMILES string of the molecule is COCC1OC(OC)C(OC(C)=O)C1OC(C)=O. The second-order valence-corrected chi connectivity index (χ2v) is 3.88. The summed E-state index contributed by atoms with van der Waals surface area (Å²) in [5.41, 5.74) is 0. The quantitative estimate of drug-likeness (QED) is 0.638. The van der Waals surface area contributed by atoms with Crippen molar-refractivity contribution in [3.05, 3.63) is 0 Å². The molecular weight excluding hydrogens is 244 g/mol. The lowest BCUT2D eigenvalue weighted by Gasteiger charge is -2.22. The van der Waals surface area contributed by atoms with Crippen molar-refractivity contribution in [3.63, 3.8) is 0 Å². The highest BCUT2D eigenvalue weighted by Crippen LogP contribution is 2.27. The molecule has 1 rings (SSSR count). The third-order valence-electron chi connectivity index (χ3n) is 2.43. The van der Waals surface area contributed by atoms with Gasteiger partial charge in [-0.3, -0.25) is 9.59 Å². The Balaban J connectivity index is 2.83. The van der Waals surface area contributed by atoms with Gasteiger partial charge >= 0.3 is 11.9 Å². The molecule has 0 aromatic carbocycles. The van der Waals surface area contributed by atoms with Crippen molar-refractivity contribution in [2.24, 2.45) is 0 Å². The minimum absolute atomic E-state index is 0.204. The summed E-state index contributed by atoms with van der Waals surface area (Å²) in [6.45, 7) is 2.74. The summed E-state index contributed by atoms with van der Waals surface area (Å²) >= 11 is 0. The summed E-state index contributed by atoms with van der Waals surface area (Å²) in [5, 5.41) is 0. The molecule has 0 bridgehead atoms. The topological polar surface area (TPSA) is 80.3 Å². The molecule has 0 N–H and O–H groups in total. The molecule has 104 valence electrons. The Bertz CT molecular complexity index is 304. The van der Waals surface area contributed by atoms with E-state index < -0.39 is 36.5 Å². The molecule has 0 spiro atoms. The Morgan fingerprint density at radius 3 is 2.06 bits per heavy atom. The fraction of sp³-hybridized carbons (Fsp3) is 0.818. The molecule has 0 amide bonds. The number of hydrogen-bond donors (Lipinski definition) is 0. The standard InChI is InChI=1S/C11H18O7/c1-6(12)16-9-8(5-14-3)18-11(15-4)10(9)17-7(2)13/h8-11H,5H2,1-4H3. The molecule has 7 nitrogen and oxygen atoms in total. The van der Waals surface area contributed by atoms with E-state index in [1.165, 1.54) is 28.1 Å². The molecular formula is C11H18O7. The zero-order valence-corrected chi connectivity index (χ0v) is 10.9. The van der Waals surface area contributed by atoms with Gasteiger partial charge in [-0.2, -0.15) is 0 Å². The molecule has 7 heteroatoms. The summed E-state index contributed by atoms with van der Waals surface area (Å²) < 4.78 is 25.7. The van der Waals surface area contributed by atoms with Gasteiger partial charge in [-0.1, -0.05) is 0 Å². The van der Waals surface area contributed by atoms with E-state index in [0.717, 1.165) is 0 Å². The van der Waals surface area contributed by atoms with Gasteiger partial charge in [0.2, 0.25) is 0 Å². The van der Waals surface area contributed by atoms with Crippen LogP contribution >= 0.6 is 0 Å². The highest BCUT2D eigenvalue weighted by atomic mass is 16.7. The van der Waals surface area contributed by atoms with Crippen molar-refractivity contribution >= 4 is 11.9 Å². The van der Waals surface area contributed by atoms with Crippen LogP contribution in [0.25, 0.3) is 0 Å². The minimum Gasteiger partial charge on any atom is -0.455 e. The summed E-state index contributed by atoms with van der Waals surface area (Å²) in [5.74, 6) is -0.987. The molecule has 4 unspecified atom stereocenters. The van der Waals surface area contributed by atoms with Crippen molar-refractivity contribution in [2.45, 2.75) is 38.4 Å². The van der Waals surface area contributed by atoms with Crippen molar-refractivity contribution in [3.8, 4) is 0 Å². The third kappa shape index (κ3) is 3.66. The molecule has 0 aromatic heterocycles. The summed E-state index contributed by atoms with van der Waals surface area (Å²) in [6, 6.07) is 0. The van der Waals surface area contributed by atoms with E-state index in [2.05, 4.69) is 0 Å². The predicted molar refractivity (Wildman–Crippen MR) is 58.7 cm³/mol. The van der Waals surface area contributed by atoms with Crippen molar-refractivity contribution in [1.82, 2.24) is 0 Å². The maximum atomic E-state index is 11.1. The first-order chi connectivity index (χ1) is 8.49. The largest absolute Gasteiger partial charge is 0.455 e. The lowest BCUT2D eigenvalue weighted by molar-refractivity contribution is -0.181. The lowest BCUT2D eigenvalue weighted by atomic mass is 10.1. The number of rotatable bonds is 5. The van der Waals surface area contributed by atoms with E-state index in [4.69, 9.17) is 23.7 Å².